The highest BCUT2D eigenvalue weighted by molar-refractivity contribution is 8.00. The number of sulfone groups is 1. The third-order valence-electron chi connectivity index (χ3n) is 2.24. The summed E-state index contributed by atoms with van der Waals surface area (Å²) in [6, 6.07) is 6.08. The van der Waals surface area contributed by atoms with Crippen molar-refractivity contribution < 1.29 is 13.5 Å². The molecule has 0 aliphatic heterocycles. The fourth-order valence-corrected chi connectivity index (χ4v) is 3.82. The van der Waals surface area contributed by atoms with Gasteiger partial charge in [-0.2, -0.15) is 11.8 Å². The molecule has 1 aromatic carbocycles. The van der Waals surface area contributed by atoms with Crippen LogP contribution >= 0.6 is 11.8 Å². The molecule has 18 heavy (non-hydrogen) atoms. The highest BCUT2D eigenvalue weighted by Gasteiger charge is 2.14. The highest BCUT2D eigenvalue weighted by Crippen LogP contribution is 2.14. The summed E-state index contributed by atoms with van der Waals surface area (Å²) < 4.78 is 24.0. The van der Waals surface area contributed by atoms with Gasteiger partial charge in [0.15, 0.2) is 9.84 Å². The van der Waals surface area contributed by atoms with E-state index in [1.54, 1.807) is 12.1 Å². The molecule has 4 N–H and O–H groups in total. The van der Waals surface area contributed by atoms with Crippen molar-refractivity contribution in [2.75, 3.05) is 23.9 Å². The molecule has 1 rings (SSSR count). The maximum absolute atomic E-state index is 12.0. The molecule has 0 radical (unpaired) electrons. The Balaban J connectivity index is 2.78. The number of benzene rings is 1. The molecule has 0 aliphatic rings. The number of hydrogen-bond acceptors (Lipinski definition) is 5. The van der Waals surface area contributed by atoms with E-state index in [4.69, 9.17) is 16.2 Å². The summed E-state index contributed by atoms with van der Waals surface area (Å²) in [6.45, 7) is 0.0462. The van der Waals surface area contributed by atoms with Crippen LogP contribution in [0.3, 0.4) is 0 Å². The zero-order valence-electron chi connectivity index (χ0n) is 9.80. The number of hydrogen-bond donors (Lipinski definition) is 3. The molecule has 0 bridgehead atoms. The summed E-state index contributed by atoms with van der Waals surface area (Å²) in [4.78, 5) is 0.180. The van der Waals surface area contributed by atoms with Crippen molar-refractivity contribution in [3.63, 3.8) is 0 Å². The minimum Gasteiger partial charge on any atom is -0.396 e. The molecular weight excluding hydrogens is 272 g/mol. The molecule has 0 unspecified atom stereocenters. The first-order valence-corrected chi connectivity index (χ1v) is 8.14. The first kappa shape index (κ1) is 15.0. The van der Waals surface area contributed by atoms with Crippen molar-refractivity contribution in [2.45, 2.75) is 4.90 Å². The van der Waals surface area contributed by atoms with Crippen LogP contribution in [0, 0.1) is 5.41 Å². The molecule has 0 atom stereocenters. The smallest absolute Gasteiger partial charge is 0.179 e. The summed E-state index contributed by atoms with van der Waals surface area (Å²) in [7, 11) is -3.35. The zero-order chi connectivity index (χ0) is 13.6. The normalized spacial score (nSPS) is 11.4. The van der Waals surface area contributed by atoms with E-state index in [0.717, 1.165) is 0 Å². The number of rotatable bonds is 7. The van der Waals surface area contributed by atoms with Crippen molar-refractivity contribution in [1.29, 1.82) is 5.41 Å². The highest BCUT2D eigenvalue weighted by atomic mass is 32.2. The Morgan fingerprint density at radius 2 is 2.11 bits per heavy atom. The van der Waals surface area contributed by atoms with Crippen LogP contribution in [0.2, 0.25) is 0 Å². The molecule has 0 saturated heterocycles. The third kappa shape index (κ3) is 4.32. The third-order valence-corrected chi connectivity index (χ3v) is 5.17. The van der Waals surface area contributed by atoms with Gasteiger partial charge in [-0.3, -0.25) is 5.41 Å². The van der Waals surface area contributed by atoms with Gasteiger partial charge in [0.25, 0.3) is 0 Å². The van der Waals surface area contributed by atoms with E-state index in [1.165, 1.54) is 23.9 Å². The maximum Gasteiger partial charge on any atom is 0.179 e. The van der Waals surface area contributed by atoms with Crippen molar-refractivity contribution >= 4 is 27.4 Å². The Morgan fingerprint density at radius 1 is 1.39 bits per heavy atom. The first-order chi connectivity index (χ1) is 8.47. The second-order valence-electron chi connectivity index (χ2n) is 3.60. The SMILES string of the molecule is N=C(N)c1cccc(S(=O)(=O)CCSCCO)c1. The fraction of sp³-hybridized carbons (Fsp3) is 0.364. The van der Waals surface area contributed by atoms with Crippen LogP contribution in [0.15, 0.2) is 29.2 Å². The van der Waals surface area contributed by atoms with E-state index in [0.29, 0.717) is 17.1 Å². The molecule has 0 saturated carbocycles. The predicted octanol–water partition coefficient (Wildman–Crippen LogP) is 0.470. The van der Waals surface area contributed by atoms with Crippen LogP contribution < -0.4 is 5.73 Å². The predicted molar refractivity (Wildman–Crippen MR) is 73.9 cm³/mol. The van der Waals surface area contributed by atoms with Gasteiger partial charge in [-0.25, -0.2) is 8.42 Å². The molecule has 0 aromatic heterocycles. The number of thioether (sulfide) groups is 1. The summed E-state index contributed by atoms with van der Waals surface area (Å²) >= 11 is 1.39. The van der Waals surface area contributed by atoms with Gasteiger partial charge in [0, 0.05) is 17.1 Å². The largest absolute Gasteiger partial charge is 0.396 e. The van der Waals surface area contributed by atoms with Crippen molar-refractivity contribution in [3.8, 4) is 0 Å². The fourth-order valence-electron chi connectivity index (χ4n) is 1.31. The van der Waals surface area contributed by atoms with Crippen LogP contribution in [0.4, 0.5) is 0 Å². The van der Waals surface area contributed by atoms with Crippen molar-refractivity contribution in [3.05, 3.63) is 29.8 Å². The summed E-state index contributed by atoms with van der Waals surface area (Å²) in [5.74, 6) is 0.830. The van der Waals surface area contributed by atoms with Gasteiger partial charge in [0.2, 0.25) is 0 Å². The topological polar surface area (TPSA) is 104 Å². The van der Waals surface area contributed by atoms with Crippen LogP contribution in [0.5, 0.6) is 0 Å². The van der Waals surface area contributed by atoms with Crippen LogP contribution in [0.1, 0.15) is 5.56 Å². The lowest BCUT2D eigenvalue weighted by Crippen LogP contribution is -2.14. The molecule has 0 aliphatic carbocycles. The lowest BCUT2D eigenvalue weighted by Gasteiger charge is -2.06. The number of aliphatic hydroxyl groups excluding tert-OH is 1. The second-order valence-corrected chi connectivity index (χ2v) is 6.93. The number of aliphatic hydroxyl groups is 1. The average Bonchev–Trinajstić information content (AvgIpc) is 2.35. The van der Waals surface area contributed by atoms with E-state index in [-0.39, 0.29) is 23.1 Å². The lowest BCUT2D eigenvalue weighted by molar-refractivity contribution is 0.322. The van der Waals surface area contributed by atoms with Gasteiger partial charge in [-0.1, -0.05) is 12.1 Å². The lowest BCUT2D eigenvalue weighted by atomic mass is 10.2. The van der Waals surface area contributed by atoms with Gasteiger partial charge in [0.1, 0.15) is 5.84 Å². The van der Waals surface area contributed by atoms with E-state index in [9.17, 15) is 8.42 Å². The molecular formula is C11H16N2O3S2. The molecule has 7 heteroatoms. The summed E-state index contributed by atoms with van der Waals surface area (Å²) in [5, 5.41) is 15.9. The average molecular weight is 288 g/mol. The quantitative estimate of drug-likeness (QED) is 0.384. The first-order valence-electron chi connectivity index (χ1n) is 5.33. The summed E-state index contributed by atoms with van der Waals surface area (Å²) in [5.41, 5.74) is 5.72. The molecule has 0 fully saturated rings. The van der Waals surface area contributed by atoms with E-state index in [1.807, 2.05) is 0 Å². The second kappa shape index (κ2) is 6.77. The molecule has 0 amide bonds. The Kier molecular flexibility index (Phi) is 5.64. The van der Waals surface area contributed by atoms with Gasteiger partial charge in [0.05, 0.1) is 17.3 Å². The minimum atomic E-state index is -3.35. The molecule has 100 valence electrons. The number of nitrogens with one attached hydrogen (secondary N) is 1. The standard InChI is InChI=1S/C11H16N2O3S2/c12-11(13)9-2-1-3-10(8-9)18(15,16)7-6-17-5-4-14/h1-3,8,14H,4-7H2,(H3,12,13). The van der Waals surface area contributed by atoms with Crippen LogP contribution in [-0.4, -0.2) is 43.2 Å². The van der Waals surface area contributed by atoms with E-state index in [2.05, 4.69) is 0 Å². The summed E-state index contributed by atoms with van der Waals surface area (Å²) in [6.07, 6.45) is 0. The van der Waals surface area contributed by atoms with Crippen molar-refractivity contribution in [2.24, 2.45) is 5.73 Å². The molecule has 0 spiro atoms. The van der Waals surface area contributed by atoms with Gasteiger partial charge in [-0.05, 0) is 12.1 Å². The van der Waals surface area contributed by atoms with Crippen molar-refractivity contribution in [1.82, 2.24) is 0 Å². The monoisotopic (exact) mass is 288 g/mol. The number of nitrogen functional groups attached to an aromatic ring is 1. The number of amidine groups is 1. The minimum absolute atomic E-state index is 0.0129. The molecule has 5 nitrogen and oxygen atoms in total. The zero-order valence-corrected chi connectivity index (χ0v) is 11.4. The van der Waals surface area contributed by atoms with Crippen LogP contribution in [0.25, 0.3) is 0 Å². The van der Waals surface area contributed by atoms with Gasteiger partial charge >= 0.3 is 0 Å². The Bertz CT molecular complexity index is 515. The van der Waals surface area contributed by atoms with E-state index < -0.39 is 9.84 Å². The van der Waals surface area contributed by atoms with Gasteiger partial charge in [-0.15, -0.1) is 0 Å². The Morgan fingerprint density at radius 3 is 2.72 bits per heavy atom. The van der Waals surface area contributed by atoms with E-state index >= 15 is 0 Å². The Hall–Kier alpha value is -1.05. The molecule has 1 aromatic rings. The molecule has 0 heterocycles. The van der Waals surface area contributed by atoms with Crippen LogP contribution in [-0.2, 0) is 9.84 Å². The Labute approximate surface area is 111 Å². The van der Waals surface area contributed by atoms with Gasteiger partial charge < -0.3 is 10.8 Å². The maximum atomic E-state index is 12.0. The number of nitrogens with two attached hydrogens (primary N) is 1.